The molecule has 1 fully saturated rings. The van der Waals surface area contributed by atoms with Crippen LogP contribution in [0, 0.1) is 0 Å². The van der Waals surface area contributed by atoms with E-state index in [1.807, 2.05) is 24.3 Å². The van der Waals surface area contributed by atoms with Crippen LogP contribution in [0.15, 0.2) is 47.4 Å². The van der Waals surface area contributed by atoms with Gasteiger partial charge in [0.05, 0.1) is 17.4 Å². The quantitative estimate of drug-likeness (QED) is 0.651. The van der Waals surface area contributed by atoms with Crippen LogP contribution in [-0.2, 0) is 31.6 Å². The Kier molecular flexibility index (Phi) is 6.69. The zero-order valence-corrected chi connectivity index (χ0v) is 20.7. The summed E-state index contributed by atoms with van der Waals surface area (Å²) in [5.74, 6) is 0.170. The zero-order valence-electron chi connectivity index (χ0n) is 19.8. The number of methoxy groups -OCH3 is 1. The van der Waals surface area contributed by atoms with Crippen molar-refractivity contribution in [2.24, 2.45) is 0 Å². The number of piperidine rings is 1. The molecule has 2 aliphatic rings. The second kappa shape index (κ2) is 9.38. The van der Waals surface area contributed by atoms with E-state index in [1.54, 1.807) is 39.2 Å². The molecular weight excluding hydrogens is 454 g/mol. The molecule has 1 N–H and O–H groups in total. The third kappa shape index (κ3) is 4.54. The minimum atomic E-state index is -3.62. The lowest BCUT2D eigenvalue weighted by Gasteiger charge is -2.26. The van der Waals surface area contributed by atoms with Gasteiger partial charge in [0.2, 0.25) is 21.8 Å². The van der Waals surface area contributed by atoms with Gasteiger partial charge in [-0.05, 0) is 68.1 Å². The number of amides is 2. The van der Waals surface area contributed by atoms with Gasteiger partial charge in [0.25, 0.3) is 0 Å². The highest BCUT2D eigenvalue weighted by atomic mass is 32.2. The van der Waals surface area contributed by atoms with Crippen LogP contribution in [0.1, 0.15) is 44.2 Å². The van der Waals surface area contributed by atoms with E-state index in [2.05, 4.69) is 5.32 Å². The van der Waals surface area contributed by atoms with Crippen molar-refractivity contribution in [2.45, 2.75) is 50.0 Å². The van der Waals surface area contributed by atoms with Gasteiger partial charge in [-0.15, -0.1) is 0 Å². The Bertz CT molecular complexity index is 1200. The molecule has 0 saturated carbocycles. The molecule has 9 heteroatoms. The van der Waals surface area contributed by atoms with Gasteiger partial charge < -0.3 is 15.0 Å². The van der Waals surface area contributed by atoms with Crippen molar-refractivity contribution < 1.29 is 22.7 Å². The van der Waals surface area contributed by atoms with E-state index < -0.39 is 15.4 Å². The number of carbonyl (C=O) groups excluding carboxylic acids is 2. The summed E-state index contributed by atoms with van der Waals surface area (Å²) in [5.41, 5.74) is 1.14. The molecule has 4 rings (SSSR count). The number of ether oxygens (including phenoxy) is 1. The Hall–Kier alpha value is -2.91. The second-order valence-electron chi connectivity index (χ2n) is 9.29. The molecule has 0 atom stereocenters. The van der Waals surface area contributed by atoms with Crippen molar-refractivity contribution >= 4 is 27.5 Å². The van der Waals surface area contributed by atoms with Gasteiger partial charge in [0, 0.05) is 25.3 Å². The molecular formula is C25H31N3O5S. The SMILES string of the molecule is COc1cccc(CNC(=O)CN2C(=O)C(C)(C)c3cc(S(=O)(=O)N4CCCCC4)ccc32)c1. The minimum Gasteiger partial charge on any atom is -0.497 e. The van der Waals surface area contributed by atoms with Gasteiger partial charge in [-0.3, -0.25) is 9.59 Å². The van der Waals surface area contributed by atoms with E-state index in [9.17, 15) is 18.0 Å². The molecule has 0 spiro atoms. The van der Waals surface area contributed by atoms with Crippen LogP contribution < -0.4 is 15.0 Å². The molecule has 2 aliphatic heterocycles. The Morgan fingerprint density at radius 1 is 1.09 bits per heavy atom. The van der Waals surface area contributed by atoms with Crippen molar-refractivity contribution in [3.63, 3.8) is 0 Å². The number of nitrogens with zero attached hydrogens (tertiary/aromatic N) is 2. The van der Waals surface area contributed by atoms with Crippen molar-refractivity contribution in [1.82, 2.24) is 9.62 Å². The molecule has 2 amide bonds. The molecule has 0 aliphatic carbocycles. The Morgan fingerprint density at radius 3 is 2.53 bits per heavy atom. The average molecular weight is 486 g/mol. The third-order valence-electron chi connectivity index (χ3n) is 6.59. The number of fused-ring (bicyclic) bond motifs is 1. The Morgan fingerprint density at radius 2 is 1.82 bits per heavy atom. The molecule has 2 aromatic carbocycles. The number of anilines is 1. The lowest BCUT2D eigenvalue weighted by molar-refractivity contribution is -0.125. The van der Waals surface area contributed by atoms with Gasteiger partial charge in [0.15, 0.2) is 0 Å². The fraction of sp³-hybridized carbons (Fsp3) is 0.440. The first-order valence-corrected chi connectivity index (χ1v) is 12.9. The summed E-state index contributed by atoms with van der Waals surface area (Å²) in [6, 6.07) is 12.2. The maximum Gasteiger partial charge on any atom is 0.243 e. The van der Waals surface area contributed by atoms with Gasteiger partial charge in [0.1, 0.15) is 12.3 Å². The number of rotatable bonds is 7. The van der Waals surface area contributed by atoms with Gasteiger partial charge >= 0.3 is 0 Å². The summed E-state index contributed by atoms with van der Waals surface area (Å²) in [6.45, 7) is 4.72. The highest BCUT2D eigenvalue weighted by Gasteiger charge is 2.45. The molecule has 0 unspecified atom stereocenters. The van der Waals surface area contributed by atoms with E-state index in [-0.39, 0.29) is 23.3 Å². The van der Waals surface area contributed by atoms with Crippen LogP contribution in [0.25, 0.3) is 0 Å². The van der Waals surface area contributed by atoms with Crippen LogP contribution in [0.2, 0.25) is 0 Å². The first-order valence-electron chi connectivity index (χ1n) is 11.5. The number of nitrogens with one attached hydrogen (secondary N) is 1. The molecule has 1 saturated heterocycles. The first kappa shape index (κ1) is 24.2. The highest BCUT2D eigenvalue weighted by molar-refractivity contribution is 7.89. The molecule has 8 nitrogen and oxygen atoms in total. The van der Waals surface area contributed by atoms with E-state index in [4.69, 9.17) is 4.74 Å². The summed E-state index contributed by atoms with van der Waals surface area (Å²) >= 11 is 0. The molecule has 182 valence electrons. The fourth-order valence-electron chi connectivity index (χ4n) is 4.57. The molecule has 0 aromatic heterocycles. The standard InChI is InChI=1S/C25H31N3O5S/c1-25(2)21-15-20(34(31,32)27-12-5-4-6-13-27)10-11-22(21)28(24(25)30)17-23(29)26-16-18-8-7-9-19(14-18)33-3/h7-11,14-15H,4-6,12-13,16-17H2,1-3H3,(H,26,29). The Labute approximate surface area is 200 Å². The highest BCUT2D eigenvalue weighted by Crippen LogP contribution is 2.42. The van der Waals surface area contributed by atoms with E-state index in [0.717, 1.165) is 24.8 Å². The number of carbonyl (C=O) groups is 2. The summed E-state index contributed by atoms with van der Waals surface area (Å²) in [4.78, 5) is 27.5. The number of hydrogen-bond donors (Lipinski definition) is 1. The molecule has 2 heterocycles. The fourth-order valence-corrected chi connectivity index (χ4v) is 6.11. The van der Waals surface area contributed by atoms with Gasteiger partial charge in [-0.25, -0.2) is 8.42 Å². The van der Waals surface area contributed by atoms with Crippen LogP contribution in [0.5, 0.6) is 5.75 Å². The number of hydrogen-bond acceptors (Lipinski definition) is 5. The van der Waals surface area contributed by atoms with E-state index in [1.165, 1.54) is 9.21 Å². The van der Waals surface area contributed by atoms with Crippen molar-refractivity contribution in [2.75, 3.05) is 31.6 Å². The van der Waals surface area contributed by atoms with Crippen LogP contribution >= 0.6 is 0 Å². The molecule has 0 radical (unpaired) electrons. The Balaban J connectivity index is 1.52. The average Bonchev–Trinajstić information content (AvgIpc) is 3.03. The number of sulfonamides is 1. The van der Waals surface area contributed by atoms with E-state index in [0.29, 0.717) is 36.6 Å². The maximum absolute atomic E-state index is 13.2. The second-order valence-corrected chi connectivity index (χ2v) is 11.2. The third-order valence-corrected chi connectivity index (χ3v) is 8.48. The van der Waals surface area contributed by atoms with Crippen molar-refractivity contribution in [1.29, 1.82) is 0 Å². The van der Waals surface area contributed by atoms with Crippen LogP contribution in [0.3, 0.4) is 0 Å². The summed E-state index contributed by atoms with van der Waals surface area (Å²) in [7, 11) is -2.04. The predicted octanol–water partition coefficient (Wildman–Crippen LogP) is 2.81. The summed E-state index contributed by atoms with van der Waals surface area (Å²) in [6.07, 6.45) is 2.74. The minimum absolute atomic E-state index is 0.141. The maximum atomic E-state index is 13.2. The van der Waals surface area contributed by atoms with Gasteiger partial charge in [-0.1, -0.05) is 18.6 Å². The topological polar surface area (TPSA) is 96.0 Å². The molecule has 2 aromatic rings. The summed E-state index contributed by atoms with van der Waals surface area (Å²) < 4.78 is 33.0. The lowest BCUT2D eigenvalue weighted by Crippen LogP contribution is -2.42. The van der Waals surface area contributed by atoms with Crippen LogP contribution in [-0.4, -0.2) is 51.3 Å². The smallest absolute Gasteiger partial charge is 0.243 e. The first-order chi connectivity index (χ1) is 16.1. The van der Waals surface area contributed by atoms with Crippen molar-refractivity contribution in [3.8, 4) is 5.75 Å². The monoisotopic (exact) mass is 485 g/mol. The zero-order chi connectivity index (χ0) is 24.5. The lowest BCUT2D eigenvalue weighted by atomic mass is 9.86. The largest absolute Gasteiger partial charge is 0.497 e. The summed E-state index contributed by atoms with van der Waals surface area (Å²) in [5, 5.41) is 2.84. The van der Waals surface area contributed by atoms with E-state index >= 15 is 0 Å². The van der Waals surface area contributed by atoms with Crippen LogP contribution in [0.4, 0.5) is 5.69 Å². The number of benzene rings is 2. The predicted molar refractivity (Wildman–Crippen MR) is 129 cm³/mol. The van der Waals surface area contributed by atoms with Crippen molar-refractivity contribution in [3.05, 3.63) is 53.6 Å². The molecule has 0 bridgehead atoms. The normalized spacial score (nSPS) is 18.0. The molecule has 34 heavy (non-hydrogen) atoms. The van der Waals surface area contributed by atoms with Gasteiger partial charge in [-0.2, -0.15) is 4.31 Å².